The Hall–Kier alpha value is -3.26. The highest BCUT2D eigenvalue weighted by Gasteiger charge is 2.49. The van der Waals surface area contributed by atoms with Gasteiger partial charge in [-0.05, 0) is 48.7 Å². The number of rotatable bonds is 6. The average molecular weight is 444 g/mol. The molecule has 1 saturated heterocycles. The zero-order valence-corrected chi connectivity index (χ0v) is 17.7. The van der Waals surface area contributed by atoms with Gasteiger partial charge in [-0.1, -0.05) is 29.8 Å². The van der Waals surface area contributed by atoms with Gasteiger partial charge in [0.25, 0.3) is 5.91 Å². The van der Waals surface area contributed by atoms with Crippen molar-refractivity contribution in [3.63, 3.8) is 0 Å². The van der Waals surface area contributed by atoms with Gasteiger partial charge in [-0.2, -0.15) is 0 Å². The second-order valence-electron chi connectivity index (χ2n) is 7.53. The van der Waals surface area contributed by atoms with Crippen LogP contribution < -0.4 is 20.1 Å². The number of ether oxygens (including phenoxy) is 2. The normalized spacial score (nSPS) is 19.9. The first-order valence-corrected chi connectivity index (χ1v) is 10.3. The van der Waals surface area contributed by atoms with Crippen LogP contribution in [0.2, 0.25) is 5.02 Å². The van der Waals surface area contributed by atoms with Crippen molar-refractivity contribution in [3.8, 4) is 11.5 Å². The monoisotopic (exact) mass is 443 g/mol. The van der Waals surface area contributed by atoms with E-state index in [9.17, 15) is 14.4 Å². The minimum Gasteiger partial charge on any atom is -0.486 e. The third kappa shape index (κ3) is 4.29. The third-order valence-electron chi connectivity index (χ3n) is 5.34. The number of nitrogens with one attached hydrogen (secondary N) is 2. The Morgan fingerprint density at radius 3 is 2.58 bits per heavy atom. The molecular weight excluding hydrogens is 422 g/mol. The molecule has 2 aromatic carbocycles. The van der Waals surface area contributed by atoms with E-state index in [0.717, 1.165) is 10.5 Å². The molecule has 1 unspecified atom stereocenters. The Kier molecular flexibility index (Phi) is 5.73. The first kappa shape index (κ1) is 21.0. The van der Waals surface area contributed by atoms with Gasteiger partial charge in [0.2, 0.25) is 5.91 Å². The predicted molar refractivity (Wildman–Crippen MR) is 113 cm³/mol. The van der Waals surface area contributed by atoms with Gasteiger partial charge in [0, 0.05) is 11.6 Å². The van der Waals surface area contributed by atoms with Gasteiger partial charge in [0.1, 0.15) is 25.3 Å². The Labute approximate surface area is 184 Å². The summed E-state index contributed by atoms with van der Waals surface area (Å²) >= 11 is 5.91. The number of carbonyl (C=O) groups is 3. The van der Waals surface area contributed by atoms with Gasteiger partial charge < -0.3 is 20.1 Å². The van der Waals surface area contributed by atoms with Crippen LogP contribution in [0, 0.1) is 0 Å². The fraction of sp³-hybridized carbons (Fsp3) is 0.318. The van der Waals surface area contributed by atoms with Gasteiger partial charge in [0.05, 0.1) is 0 Å². The van der Waals surface area contributed by atoms with E-state index in [1.165, 1.54) is 0 Å². The van der Waals surface area contributed by atoms with E-state index in [1.54, 1.807) is 31.2 Å². The molecule has 0 aromatic heterocycles. The zero-order valence-electron chi connectivity index (χ0n) is 16.9. The molecule has 2 aromatic rings. The minimum atomic E-state index is -1.24. The highest BCUT2D eigenvalue weighted by Crippen LogP contribution is 2.31. The van der Waals surface area contributed by atoms with Crippen LogP contribution in [-0.4, -0.2) is 49.0 Å². The number of fused-ring (bicyclic) bond motifs is 1. The molecule has 2 aliphatic heterocycles. The second-order valence-corrected chi connectivity index (χ2v) is 7.97. The van der Waals surface area contributed by atoms with Gasteiger partial charge in [-0.3, -0.25) is 14.5 Å². The molecule has 31 heavy (non-hydrogen) atoms. The summed E-state index contributed by atoms with van der Waals surface area (Å²) in [6, 6.07) is 11.7. The second kappa shape index (κ2) is 8.47. The quantitative estimate of drug-likeness (QED) is 0.667. The lowest BCUT2D eigenvalue weighted by Gasteiger charge is -2.22. The summed E-state index contributed by atoms with van der Waals surface area (Å²) in [6.07, 6.45) is 0.574. The number of imide groups is 1. The van der Waals surface area contributed by atoms with E-state index in [2.05, 4.69) is 10.6 Å². The van der Waals surface area contributed by atoms with E-state index in [4.69, 9.17) is 21.1 Å². The van der Waals surface area contributed by atoms with Crippen molar-refractivity contribution in [2.24, 2.45) is 0 Å². The molecule has 0 spiro atoms. The maximum Gasteiger partial charge on any atom is 0.325 e. The van der Waals surface area contributed by atoms with Crippen molar-refractivity contribution in [1.82, 2.24) is 15.5 Å². The largest absolute Gasteiger partial charge is 0.486 e. The number of urea groups is 1. The lowest BCUT2D eigenvalue weighted by molar-refractivity contribution is -0.134. The van der Waals surface area contributed by atoms with Crippen molar-refractivity contribution < 1.29 is 23.9 Å². The van der Waals surface area contributed by atoms with Gasteiger partial charge >= 0.3 is 6.03 Å². The molecule has 1 fully saturated rings. The van der Waals surface area contributed by atoms with Crippen LogP contribution >= 0.6 is 11.6 Å². The predicted octanol–water partition coefficient (Wildman–Crippen LogP) is 2.24. The molecule has 4 rings (SSSR count). The molecule has 0 saturated carbocycles. The first-order valence-electron chi connectivity index (χ1n) is 9.92. The number of halogens is 1. The average Bonchev–Trinajstić information content (AvgIpc) is 2.98. The molecule has 2 N–H and O–H groups in total. The Balaban J connectivity index is 1.32. The molecule has 4 amide bonds. The maximum atomic E-state index is 12.9. The summed E-state index contributed by atoms with van der Waals surface area (Å²) < 4.78 is 11.1. The Morgan fingerprint density at radius 2 is 1.84 bits per heavy atom. The number of hydrogen-bond donors (Lipinski definition) is 2. The molecular formula is C22H22ClN3O5. The topological polar surface area (TPSA) is 97.0 Å². The maximum absolute atomic E-state index is 12.9. The SMILES string of the molecule is CC1(c2ccc(Cl)cc2)NC(=O)N(CC(=O)NCCc2ccc3c(c2)OCCO3)C1=O. The lowest BCUT2D eigenvalue weighted by Crippen LogP contribution is -2.43. The van der Waals surface area contributed by atoms with E-state index in [1.807, 2.05) is 18.2 Å². The molecule has 9 heteroatoms. The molecule has 162 valence electrons. The Morgan fingerprint density at radius 1 is 1.13 bits per heavy atom. The van der Waals surface area contributed by atoms with Gasteiger partial charge in [0.15, 0.2) is 11.5 Å². The van der Waals surface area contributed by atoms with E-state index in [-0.39, 0.29) is 6.54 Å². The van der Waals surface area contributed by atoms with Crippen LogP contribution in [0.25, 0.3) is 0 Å². The van der Waals surface area contributed by atoms with Crippen LogP contribution in [0.5, 0.6) is 11.5 Å². The highest BCUT2D eigenvalue weighted by atomic mass is 35.5. The minimum absolute atomic E-state index is 0.352. The van der Waals surface area contributed by atoms with Crippen molar-refractivity contribution in [3.05, 3.63) is 58.6 Å². The summed E-state index contributed by atoms with van der Waals surface area (Å²) in [4.78, 5) is 38.5. The summed E-state index contributed by atoms with van der Waals surface area (Å²) in [7, 11) is 0. The van der Waals surface area contributed by atoms with E-state index >= 15 is 0 Å². The smallest absolute Gasteiger partial charge is 0.325 e. The summed E-state index contributed by atoms with van der Waals surface area (Å²) in [5.41, 5.74) is 0.333. The van der Waals surface area contributed by atoms with Crippen molar-refractivity contribution in [2.75, 3.05) is 26.3 Å². The summed E-state index contributed by atoms with van der Waals surface area (Å²) in [5, 5.41) is 5.95. The number of benzene rings is 2. The first-order chi connectivity index (χ1) is 14.9. The number of nitrogens with zero attached hydrogens (tertiary/aromatic N) is 1. The van der Waals surface area contributed by atoms with Crippen LogP contribution in [0.1, 0.15) is 18.1 Å². The van der Waals surface area contributed by atoms with Crippen LogP contribution in [-0.2, 0) is 21.5 Å². The van der Waals surface area contributed by atoms with Crippen LogP contribution in [0.3, 0.4) is 0 Å². The van der Waals surface area contributed by atoms with Crippen LogP contribution in [0.4, 0.5) is 4.79 Å². The van der Waals surface area contributed by atoms with Crippen molar-refractivity contribution in [1.29, 1.82) is 0 Å². The van der Waals surface area contributed by atoms with E-state index < -0.39 is 23.4 Å². The number of amides is 4. The third-order valence-corrected chi connectivity index (χ3v) is 5.59. The summed E-state index contributed by atoms with van der Waals surface area (Å²) in [5.74, 6) is 0.500. The lowest BCUT2D eigenvalue weighted by atomic mass is 9.92. The fourth-order valence-corrected chi connectivity index (χ4v) is 3.73. The van der Waals surface area contributed by atoms with Gasteiger partial charge in [-0.25, -0.2) is 4.79 Å². The van der Waals surface area contributed by atoms with Gasteiger partial charge in [-0.15, -0.1) is 0 Å². The van der Waals surface area contributed by atoms with E-state index in [0.29, 0.717) is 48.3 Å². The summed E-state index contributed by atoms with van der Waals surface area (Å²) in [6.45, 7) is 2.65. The molecule has 0 bridgehead atoms. The van der Waals surface area contributed by atoms with Crippen LogP contribution in [0.15, 0.2) is 42.5 Å². The molecule has 2 aliphatic rings. The Bertz CT molecular complexity index is 1030. The zero-order chi connectivity index (χ0) is 22.0. The number of carbonyl (C=O) groups excluding carboxylic acids is 3. The van der Waals surface area contributed by atoms with Crippen molar-refractivity contribution >= 4 is 29.4 Å². The fourth-order valence-electron chi connectivity index (χ4n) is 3.61. The molecule has 1 atom stereocenters. The molecule has 2 heterocycles. The number of hydrogen-bond acceptors (Lipinski definition) is 5. The standard InChI is InChI=1S/C22H22ClN3O5/c1-22(15-3-5-16(23)6-4-15)20(28)26(21(29)25-22)13-19(27)24-9-8-14-2-7-17-18(12-14)31-11-10-30-17/h2-7,12H,8-11,13H2,1H3,(H,24,27)(H,25,29). The molecule has 8 nitrogen and oxygen atoms in total. The molecule has 0 aliphatic carbocycles. The molecule has 0 radical (unpaired) electrons. The highest BCUT2D eigenvalue weighted by molar-refractivity contribution is 6.30. The van der Waals surface area contributed by atoms with Crippen molar-refractivity contribution in [2.45, 2.75) is 18.9 Å².